The Morgan fingerprint density at radius 3 is 2.86 bits per heavy atom. The maximum Gasteiger partial charge on any atom is 0.251 e. The number of hydrogen-bond donors (Lipinski definition) is 2. The molecule has 0 unspecified atom stereocenters. The van der Waals surface area contributed by atoms with Gasteiger partial charge in [0.1, 0.15) is 0 Å². The van der Waals surface area contributed by atoms with Crippen LogP contribution in [-0.2, 0) is 0 Å². The predicted molar refractivity (Wildman–Crippen MR) is 84.1 cm³/mol. The van der Waals surface area contributed by atoms with E-state index in [2.05, 4.69) is 10.3 Å². The zero-order valence-corrected chi connectivity index (χ0v) is 12.1. The lowest BCUT2D eigenvalue weighted by molar-refractivity contribution is 0.0938. The van der Waals surface area contributed by atoms with Gasteiger partial charge in [-0.3, -0.25) is 9.78 Å². The first kappa shape index (κ1) is 14.0. The first-order valence-corrected chi connectivity index (χ1v) is 7.58. The number of nitrogens with zero attached hydrogens (tertiary/aromatic N) is 1. The molecule has 4 nitrogen and oxygen atoms in total. The summed E-state index contributed by atoms with van der Waals surface area (Å²) in [5, 5.41) is 3.97. The zero-order valence-electron chi connectivity index (χ0n) is 12.1. The third-order valence-corrected chi connectivity index (χ3v) is 4.32. The van der Waals surface area contributed by atoms with E-state index in [0.717, 1.165) is 36.6 Å². The van der Waals surface area contributed by atoms with Crippen molar-refractivity contribution >= 4 is 16.8 Å². The van der Waals surface area contributed by atoms with Crippen molar-refractivity contribution < 1.29 is 4.79 Å². The fourth-order valence-electron chi connectivity index (χ4n) is 3.01. The minimum Gasteiger partial charge on any atom is -0.350 e. The van der Waals surface area contributed by atoms with Crippen molar-refractivity contribution in [1.29, 1.82) is 0 Å². The van der Waals surface area contributed by atoms with Crippen LogP contribution in [0.15, 0.2) is 36.5 Å². The molecular formula is C17H21N3O. The van der Waals surface area contributed by atoms with Crippen LogP contribution in [0.1, 0.15) is 42.5 Å². The molecule has 0 saturated heterocycles. The van der Waals surface area contributed by atoms with E-state index in [4.69, 9.17) is 5.73 Å². The first-order valence-electron chi connectivity index (χ1n) is 7.58. The molecule has 1 saturated carbocycles. The molecule has 1 heterocycles. The number of nitrogens with one attached hydrogen (secondary N) is 1. The number of rotatable bonds is 3. The summed E-state index contributed by atoms with van der Waals surface area (Å²) in [5.74, 6) is -0.0591. The maximum atomic E-state index is 12.3. The molecule has 1 aromatic carbocycles. The van der Waals surface area contributed by atoms with E-state index < -0.39 is 0 Å². The van der Waals surface area contributed by atoms with E-state index in [0.29, 0.717) is 12.1 Å². The van der Waals surface area contributed by atoms with Gasteiger partial charge in [-0.05, 0) is 37.1 Å². The summed E-state index contributed by atoms with van der Waals surface area (Å²) < 4.78 is 0. The van der Waals surface area contributed by atoms with E-state index in [1.54, 1.807) is 6.20 Å². The number of carbonyl (C=O) groups is 1. The summed E-state index contributed by atoms with van der Waals surface area (Å²) in [6, 6.07) is 9.41. The van der Waals surface area contributed by atoms with Gasteiger partial charge >= 0.3 is 0 Å². The second-order valence-electron chi connectivity index (χ2n) is 6.02. The number of aromatic nitrogens is 1. The van der Waals surface area contributed by atoms with Crippen molar-refractivity contribution in [2.45, 2.75) is 37.6 Å². The van der Waals surface area contributed by atoms with Crippen LogP contribution in [0.2, 0.25) is 0 Å². The second-order valence-corrected chi connectivity index (χ2v) is 6.02. The SMILES string of the molecule is NC1(CNC(=O)c2ccc3ncccc3c2)CCCCC1. The van der Waals surface area contributed by atoms with Crippen LogP contribution in [0.25, 0.3) is 10.9 Å². The Kier molecular flexibility index (Phi) is 3.88. The van der Waals surface area contributed by atoms with Crippen LogP contribution < -0.4 is 11.1 Å². The molecule has 1 aliphatic carbocycles. The standard InChI is InChI=1S/C17H21N3O/c18-17(8-2-1-3-9-17)12-20-16(21)14-6-7-15-13(11-14)5-4-10-19-15/h4-7,10-11H,1-3,8-9,12,18H2,(H,20,21). The molecule has 1 amide bonds. The van der Waals surface area contributed by atoms with Crippen molar-refractivity contribution in [1.82, 2.24) is 10.3 Å². The van der Waals surface area contributed by atoms with Crippen LogP contribution in [0.4, 0.5) is 0 Å². The molecule has 1 aliphatic rings. The van der Waals surface area contributed by atoms with Gasteiger partial charge in [0.05, 0.1) is 5.52 Å². The van der Waals surface area contributed by atoms with E-state index in [1.165, 1.54) is 6.42 Å². The number of nitrogens with two attached hydrogens (primary N) is 1. The quantitative estimate of drug-likeness (QED) is 0.910. The van der Waals surface area contributed by atoms with Crippen LogP contribution in [0, 0.1) is 0 Å². The highest BCUT2D eigenvalue weighted by Crippen LogP contribution is 2.25. The molecule has 0 bridgehead atoms. The first-order chi connectivity index (χ1) is 10.2. The van der Waals surface area contributed by atoms with Gasteiger partial charge in [0.25, 0.3) is 5.91 Å². The third kappa shape index (κ3) is 3.22. The summed E-state index contributed by atoms with van der Waals surface area (Å²) in [7, 11) is 0. The van der Waals surface area contributed by atoms with Gasteiger partial charge in [-0.1, -0.05) is 25.3 Å². The maximum absolute atomic E-state index is 12.3. The Bertz CT molecular complexity index is 647. The van der Waals surface area contributed by atoms with Crippen molar-refractivity contribution in [3.05, 3.63) is 42.1 Å². The van der Waals surface area contributed by atoms with Gasteiger partial charge in [-0.25, -0.2) is 0 Å². The van der Waals surface area contributed by atoms with Crippen LogP contribution in [0.3, 0.4) is 0 Å². The molecule has 21 heavy (non-hydrogen) atoms. The van der Waals surface area contributed by atoms with Gasteiger partial charge in [0.15, 0.2) is 0 Å². The molecule has 3 N–H and O–H groups in total. The Hall–Kier alpha value is -1.94. The van der Waals surface area contributed by atoms with Crippen molar-refractivity contribution in [3.63, 3.8) is 0 Å². The monoisotopic (exact) mass is 283 g/mol. The largest absolute Gasteiger partial charge is 0.350 e. The van der Waals surface area contributed by atoms with E-state index in [9.17, 15) is 4.79 Å². The lowest BCUT2D eigenvalue weighted by Crippen LogP contribution is -2.51. The summed E-state index contributed by atoms with van der Waals surface area (Å²) in [5.41, 5.74) is 7.68. The topological polar surface area (TPSA) is 68.0 Å². The minimum atomic E-state index is -0.230. The van der Waals surface area contributed by atoms with Crippen molar-refractivity contribution in [2.24, 2.45) is 5.73 Å². The predicted octanol–water partition coefficient (Wildman–Crippen LogP) is 2.63. The van der Waals surface area contributed by atoms with Crippen LogP contribution in [0.5, 0.6) is 0 Å². The molecule has 0 atom stereocenters. The normalized spacial score (nSPS) is 17.6. The molecule has 1 fully saturated rings. The minimum absolute atomic E-state index is 0.0591. The number of pyridine rings is 1. The van der Waals surface area contributed by atoms with Crippen LogP contribution in [-0.4, -0.2) is 23.0 Å². The van der Waals surface area contributed by atoms with Crippen molar-refractivity contribution in [3.8, 4) is 0 Å². The van der Waals surface area contributed by atoms with Gasteiger partial charge in [0.2, 0.25) is 0 Å². The second kappa shape index (κ2) is 5.82. The number of hydrogen-bond acceptors (Lipinski definition) is 3. The number of amides is 1. The highest BCUT2D eigenvalue weighted by atomic mass is 16.1. The van der Waals surface area contributed by atoms with Gasteiger partial charge in [-0.15, -0.1) is 0 Å². The number of carbonyl (C=O) groups excluding carboxylic acids is 1. The lowest BCUT2D eigenvalue weighted by atomic mass is 9.82. The Morgan fingerprint density at radius 2 is 2.05 bits per heavy atom. The van der Waals surface area contributed by atoms with Crippen LogP contribution >= 0.6 is 0 Å². The molecule has 1 aromatic heterocycles. The molecule has 0 spiro atoms. The Labute approximate surface area is 124 Å². The molecule has 0 aliphatic heterocycles. The van der Waals surface area contributed by atoms with Gasteiger partial charge in [-0.2, -0.15) is 0 Å². The third-order valence-electron chi connectivity index (χ3n) is 4.32. The molecule has 0 radical (unpaired) electrons. The smallest absolute Gasteiger partial charge is 0.251 e. The van der Waals surface area contributed by atoms with Gasteiger partial charge in [0, 0.05) is 29.2 Å². The molecule has 2 aromatic rings. The van der Waals surface area contributed by atoms with E-state index in [1.807, 2.05) is 30.3 Å². The fraction of sp³-hybridized carbons (Fsp3) is 0.412. The summed E-state index contributed by atoms with van der Waals surface area (Å²) in [6.45, 7) is 0.552. The lowest BCUT2D eigenvalue weighted by Gasteiger charge is -2.33. The molecule has 3 rings (SSSR count). The number of fused-ring (bicyclic) bond motifs is 1. The summed E-state index contributed by atoms with van der Waals surface area (Å²) in [4.78, 5) is 16.5. The Morgan fingerprint density at radius 1 is 1.24 bits per heavy atom. The van der Waals surface area contributed by atoms with Gasteiger partial charge < -0.3 is 11.1 Å². The molecule has 110 valence electrons. The number of benzene rings is 1. The average molecular weight is 283 g/mol. The molecular weight excluding hydrogens is 262 g/mol. The van der Waals surface area contributed by atoms with E-state index in [-0.39, 0.29) is 11.4 Å². The summed E-state index contributed by atoms with van der Waals surface area (Å²) in [6.07, 6.45) is 7.32. The van der Waals surface area contributed by atoms with E-state index >= 15 is 0 Å². The highest BCUT2D eigenvalue weighted by molar-refractivity contribution is 5.97. The zero-order chi connectivity index (χ0) is 14.7. The Balaban J connectivity index is 1.69. The van der Waals surface area contributed by atoms with Crippen molar-refractivity contribution in [2.75, 3.05) is 6.54 Å². The average Bonchev–Trinajstić information content (AvgIpc) is 2.53. The summed E-state index contributed by atoms with van der Waals surface area (Å²) >= 11 is 0. The highest BCUT2D eigenvalue weighted by Gasteiger charge is 2.27. The fourth-order valence-corrected chi connectivity index (χ4v) is 3.01. The molecule has 4 heteroatoms.